The average Bonchev–Trinajstić information content (AvgIpc) is 3.46. The monoisotopic (exact) mass is 470 g/mol. The van der Waals surface area contributed by atoms with Crippen molar-refractivity contribution >= 4 is 22.4 Å². The lowest BCUT2D eigenvalue weighted by molar-refractivity contribution is -0.225. The Hall–Kier alpha value is -3.32. The predicted molar refractivity (Wildman–Crippen MR) is 122 cm³/mol. The smallest absolute Gasteiger partial charge is 0.338 e. The first-order valence-corrected chi connectivity index (χ1v) is 11.4. The molecule has 0 spiro atoms. The van der Waals surface area contributed by atoms with E-state index in [1.54, 1.807) is 29.1 Å². The van der Waals surface area contributed by atoms with E-state index in [9.17, 15) is 23.2 Å². The molecule has 178 valence electrons. The quantitative estimate of drug-likeness (QED) is 0.539. The fourth-order valence-electron chi connectivity index (χ4n) is 5.27. The van der Waals surface area contributed by atoms with E-state index in [-0.39, 0.29) is 30.0 Å². The third-order valence-corrected chi connectivity index (χ3v) is 7.19. The minimum absolute atomic E-state index is 0.0195. The number of pyridine rings is 1. The molecule has 2 aliphatic rings. The summed E-state index contributed by atoms with van der Waals surface area (Å²) in [5.74, 6) is 0.660. The number of aromatic nitrogens is 3. The number of rotatable bonds is 6. The first-order valence-electron chi connectivity index (χ1n) is 11.4. The van der Waals surface area contributed by atoms with Crippen LogP contribution in [0.1, 0.15) is 43.7 Å². The van der Waals surface area contributed by atoms with Gasteiger partial charge in [0.2, 0.25) is 0 Å². The van der Waals surface area contributed by atoms with Gasteiger partial charge in [0, 0.05) is 11.9 Å². The number of nitrogens with one attached hydrogen (secondary N) is 2. The number of hydrogen-bond acceptors (Lipinski definition) is 5. The molecule has 3 heterocycles. The topological polar surface area (TPSA) is 89.7 Å². The maximum absolute atomic E-state index is 14.1. The largest absolute Gasteiger partial charge is 0.410 e. The summed E-state index contributed by atoms with van der Waals surface area (Å²) >= 11 is 0. The molecule has 1 saturated heterocycles. The number of H-pyrrole nitrogens is 1. The second-order valence-corrected chi connectivity index (χ2v) is 9.21. The molecule has 1 saturated carbocycles. The zero-order valence-electron chi connectivity index (χ0n) is 18.7. The highest BCUT2D eigenvalue weighted by molar-refractivity contribution is 5.91. The van der Waals surface area contributed by atoms with Gasteiger partial charge in [-0.1, -0.05) is 12.1 Å². The number of nitrogens with zero attached hydrogens (tertiary/aromatic N) is 4. The van der Waals surface area contributed by atoms with Crippen molar-refractivity contribution in [3.63, 3.8) is 0 Å². The third-order valence-electron chi connectivity index (χ3n) is 7.19. The minimum atomic E-state index is -4.39. The zero-order valence-corrected chi connectivity index (χ0v) is 18.7. The number of benzene rings is 1. The van der Waals surface area contributed by atoms with E-state index in [0.29, 0.717) is 41.3 Å². The standard InChI is InChI=1S/C24H25F3N6O/c1-32-14-2-11-23(32,24(25,26)27)16-5-7-17(8-6-16)30-21-20-19(10-13-29-22(20)34)33(31-21)18(9-12-28)15-3-4-15/h5-8,10,13,15,18H,2-4,9,11,14H2,1H3,(H,29,34)(H,30,31)/t18?,23-/m1/s1. The molecule has 0 amide bonds. The van der Waals surface area contributed by atoms with Crippen LogP contribution in [0.5, 0.6) is 0 Å². The highest BCUT2D eigenvalue weighted by atomic mass is 19.4. The molecule has 0 radical (unpaired) electrons. The Balaban J connectivity index is 1.51. The van der Waals surface area contributed by atoms with Crippen molar-refractivity contribution in [1.82, 2.24) is 19.7 Å². The second-order valence-electron chi connectivity index (χ2n) is 9.21. The van der Waals surface area contributed by atoms with Gasteiger partial charge >= 0.3 is 6.18 Å². The fraction of sp³-hybridized carbons (Fsp3) is 0.458. The molecule has 2 N–H and O–H groups in total. The molecule has 10 heteroatoms. The Kier molecular flexibility index (Phi) is 5.40. The molecule has 2 aromatic heterocycles. The fourth-order valence-corrected chi connectivity index (χ4v) is 5.27. The number of alkyl halides is 3. The van der Waals surface area contributed by atoms with Crippen LogP contribution < -0.4 is 10.9 Å². The molecule has 0 bridgehead atoms. The van der Waals surface area contributed by atoms with Gasteiger partial charge < -0.3 is 10.3 Å². The van der Waals surface area contributed by atoms with Crippen LogP contribution in [0.25, 0.3) is 10.9 Å². The van der Waals surface area contributed by atoms with Crippen molar-refractivity contribution in [1.29, 1.82) is 5.26 Å². The van der Waals surface area contributed by atoms with E-state index in [2.05, 4.69) is 21.5 Å². The summed E-state index contributed by atoms with van der Waals surface area (Å²) < 4.78 is 44.0. The number of likely N-dealkylation sites (tertiary alicyclic amines) is 1. The van der Waals surface area contributed by atoms with Crippen molar-refractivity contribution in [2.45, 2.75) is 49.9 Å². The van der Waals surface area contributed by atoms with Gasteiger partial charge in [-0.2, -0.15) is 23.5 Å². The van der Waals surface area contributed by atoms with E-state index < -0.39 is 11.7 Å². The van der Waals surface area contributed by atoms with E-state index in [0.717, 1.165) is 12.8 Å². The molecule has 1 aliphatic carbocycles. The van der Waals surface area contributed by atoms with Crippen molar-refractivity contribution in [2.24, 2.45) is 5.92 Å². The van der Waals surface area contributed by atoms with Crippen LogP contribution in [0, 0.1) is 17.2 Å². The molecule has 1 aromatic carbocycles. The lowest BCUT2D eigenvalue weighted by Gasteiger charge is -2.38. The molecule has 1 aliphatic heterocycles. The summed E-state index contributed by atoms with van der Waals surface area (Å²) in [4.78, 5) is 16.7. The molecule has 34 heavy (non-hydrogen) atoms. The molecular weight excluding hydrogens is 445 g/mol. The maximum atomic E-state index is 14.1. The first kappa shape index (κ1) is 22.5. The van der Waals surface area contributed by atoms with Gasteiger partial charge in [0.15, 0.2) is 5.82 Å². The van der Waals surface area contributed by atoms with E-state index >= 15 is 0 Å². The van der Waals surface area contributed by atoms with Crippen LogP contribution in [-0.4, -0.2) is 39.4 Å². The van der Waals surface area contributed by atoms with Crippen LogP contribution in [0.15, 0.2) is 41.3 Å². The predicted octanol–water partition coefficient (Wildman–Crippen LogP) is 4.82. The van der Waals surface area contributed by atoms with Gasteiger partial charge in [-0.3, -0.25) is 14.4 Å². The van der Waals surface area contributed by atoms with Gasteiger partial charge in [-0.15, -0.1) is 0 Å². The number of fused-ring (bicyclic) bond motifs is 1. The summed E-state index contributed by atoms with van der Waals surface area (Å²) in [6.07, 6.45) is -0.0400. The minimum Gasteiger partial charge on any atom is -0.338 e. The maximum Gasteiger partial charge on any atom is 0.410 e. The molecule has 7 nitrogen and oxygen atoms in total. The van der Waals surface area contributed by atoms with Gasteiger partial charge in [-0.05, 0) is 69.0 Å². The number of halogens is 3. The van der Waals surface area contributed by atoms with Crippen LogP contribution in [0.2, 0.25) is 0 Å². The van der Waals surface area contributed by atoms with Crippen molar-refractivity contribution in [3.05, 3.63) is 52.4 Å². The molecule has 3 aromatic rings. The van der Waals surface area contributed by atoms with Crippen molar-refractivity contribution in [3.8, 4) is 6.07 Å². The van der Waals surface area contributed by atoms with Gasteiger partial charge in [0.1, 0.15) is 10.9 Å². The number of nitriles is 1. The van der Waals surface area contributed by atoms with Crippen LogP contribution in [0.3, 0.4) is 0 Å². The lowest BCUT2D eigenvalue weighted by Crippen LogP contribution is -2.50. The molecule has 5 rings (SSSR count). The van der Waals surface area contributed by atoms with E-state index in [1.807, 2.05) is 0 Å². The third kappa shape index (κ3) is 3.55. The summed E-state index contributed by atoms with van der Waals surface area (Å²) in [5.41, 5.74) is -0.968. The Morgan fingerprint density at radius 1 is 1.29 bits per heavy atom. The zero-order chi connectivity index (χ0) is 24.1. The molecule has 1 unspecified atom stereocenters. The highest BCUT2D eigenvalue weighted by Crippen LogP contribution is 2.50. The normalized spacial score (nSPS) is 22.1. The van der Waals surface area contributed by atoms with E-state index in [4.69, 9.17) is 0 Å². The average molecular weight is 470 g/mol. The lowest BCUT2D eigenvalue weighted by atomic mass is 9.86. The van der Waals surface area contributed by atoms with Crippen LogP contribution in [0.4, 0.5) is 24.7 Å². The van der Waals surface area contributed by atoms with Gasteiger partial charge in [-0.25, -0.2) is 0 Å². The number of anilines is 2. The number of hydrogen-bond donors (Lipinski definition) is 2. The second kappa shape index (κ2) is 8.17. The van der Waals surface area contributed by atoms with Crippen molar-refractivity contribution < 1.29 is 13.2 Å². The van der Waals surface area contributed by atoms with Crippen LogP contribution >= 0.6 is 0 Å². The Labute approximate surface area is 194 Å². The van der Waals surface area contributed by atoms with Crippen molar-refractivity contribution in [2.75, 3.05) is 18.9 Å². The Morgan fingerprint density at radius 2 is 2.03 bits per heavy atom. The van der Waals surface area contributed by atoms with Gasteiger partial charge in [0.05, 0.1) is 24.0 Å². The summed E-state index contributed by atoms with van der Waals surface area (Å²) in [6, 6.07) is 10.0. The number of aromatic amines is 1. The summed E-state index contributed by atoms with van der Waals surface area (Å²) in [7, 11) is 1.51. The molecular formula is C24H25F3N6O. The molecule has 2 atom stereocenters. The summed E-state index contributed by atoms with van der Waals surface area (Å²) in [6.45, 7) is 0.385. The Morgan fingerprint density at radius 3 is 2.62 bits per heavy atom. The van der Waals surface area contributed by atoms with Gasteiger partial charge in [0.25, 0.3) is 5.56 Å². The summed E-state index contributed by atoms with van der Waals surface area (Å²) in [5, 5.41) is 17.4. The SMILES string of the molecule is CN1CCC[C@@]1(c1ccc(Nc2nn(C(CC#N)C3CC3)c3cc[nH]c(=O)c23)cc1)C(F)(F)F. The Bertz CT molecular complexity index is 1300. The first-order chi connectivity index (χ1) is 16.3. The van der Waals surface area contributed by atoms with Crippen LogP contribution in [-0.2, 0) is 5.54 Å². The van der Waals surface area contributed by atoms with E-state index in [1.165, 1.54) is 24.1 Å². The molecule has 2 fully saturated rings. The highest BCUT2D eigenvalue weighted by Gasteiger charge is 2.60.